The van der Waals surface area contributed by atoms with Crippen LogP contribution in [-0.2, 0) is 0 Å². The Morgan fingerprint density at radius 3 is 2.83 bits per heavy atom. The summed E-state index contributed by atoms with van der Waals surface area (Å²) >= 11 is 7.65. The van der Waals surface area contributed by atoms with E-state index in [-0.39, 0.29) is 12.6 Å². The van der Waals surface area contributed by atoms with Gasteiger partial charge in [-0.1, -0.05) is 23.7 Å². The van der Waals surface area contributed by atoms with Crippen LogP contribution in [-0.4, -0.2) is 34.3 Å². The number of anilines is 1. The van der Waals surface area contributed by atoms with Crippen molar-refractivity contribution in [3.05, 3.63) is 41.0 Å². The van der Waals surface area contributed by atoms with Crippen LogP contribution in [0.3, 0.4) is 0 Å². The Hall–Kier alpha value is -1.69. The van der Waals surface area contributed by atoms with Gasteiger partial charge in [-0.05, 0) is 37.0 Å². The number of benzene rings is 1. The summed E-state index contributed by atoms with van der Waals surface area (Å²) in [5, 5.41) is 13.7. The lowest BCUT2D eigenvalue weighted by molar-refractivity contribution is 0.239. The summed E-state index contributed by atoms with van der Waals surface area (Å²) in [4.78, 5) is 12.3. The number of aliphatic hydroxyl groups is 1. The molecular weight excluding hydrogens is 342 g/mol. The second-order valence-electron chi connectivity index (χ2n) is 6.06. The van der Waals surface area contributed by atoms with Gasteiger partial charge >= 0.3 is 0 Å². The summed E-state index contributed by atoms with van der Waals surface area (Å²) in [6.07, 6.45) is 4.91. The fraction of sp³-hybridized carbons (Fsp3) is 0.333. The van der Waals surface area contributed by atoms with Crippen molar-refractivity contribution in [3.8, 4) is 11.1 Å². The fourth-order valence-corrected chi connectivity index (χ4v) is 4.42. The molecule has 124 valence electrons. The molecule has 1 aromatic carbocycles. The van der Waals surface area contributed by atoms with Crippen molar-refractivity contribution in [3.63, 3.8) is 0 Å². The fourth-order valence-electron chi connectivity index (χ4n) is 3.39. The normalized spacial score (nSPS) is 18.2. The van der Waals surface area contributed by atoms with E-state index in [9.17, 15) is 5.11 Å². The van der Waals surface area contributed by atoms with Crippen LogP contribution in [0.4, 0.5) is 5.82 Å². The minimum Gasteiger partial charge on any atom is -0.394 e. The molecule has 0 unspecified atom stereocenters. The predicted octanol–water partition coefficient (Wildman–Crippen LogP) is 4.36. The largest absolute Gasteiger partial charge is 0.394 e. The molecule has 2 aromatic heterocycles. The number of rotatable bonds is 3. The SMILES string of the molecule is OC[C@@H]1CCCCN1c1ncnc2scc(-c3ccc(Cl)cc3)c12. The third-order valence-corrected chi connectivity index (χ3v) is 5.75. The highest BCUT2D eigenvalue weighted by Crippen LogP contribution is 2.39. The van der Waals surface area contributed by atoms with Crippen molar-refractivity contribution in [1.29, 1.82) is 0 Å². The minimum absolute atomic E-state index is 0.134. The quantitative estimate of drug-likeness (QED) is 0.754. The van der Waals surface area contributed by atoms with Crippen molar-refractivity contribution in [2.75, 3.05) is 18.1 Å². The van der Waals surface area contributed by atoms with Crippen LogP contribution in [0.15, 0.2) is 36.0 Å². The number of thiophene rings is 1. The van der Waals surface area contributed by atoms with Crippen LogP contribution in [0.2, 0.25) is 5.02 Å². The Morgan fingerprint density at radius 1 is 1.21 bits per heavy atom. The molecule has 0 amide bonds. The van der Waals surface area contributed by atoms with Gasteiger partial charge in [0.2, 0.25) is 0 Å². The Kier molecular flexibility index (Phi) is 4.39. The van der Waals surface area contributed by atoms with Gasteiger partial charge in [0.25, 0.3) is 0 Å². The van der Waals surface area contributed by atoms with E-state index in [0.29, 0.717) is 0 Å². The smallest absolute Gasteiger partial charge is 0.141 e. The number of piperidine rings is 1. The predicted molar refractivity (Wildman–Crippen MR) is 99.9 cm³/mol. The van der Waals surface area contributed by atoms with E-state index in [0.717, 1.165) is 58.0 Å². The molecule has 3 heterocycles. The van der Waals surface area contributed by atoms with Gasteiger partial charge in [0.15, 0.2) is 0 Å². The molecule has 0 saturated carbocycles. The Bertz CT molecular complexity index is 849. The van der Waals surface area contributed by atoms with Gasteiger partial charge in [0.1, 0.15) is 17.0 Å². The molecule has 0 bridgehead atoms. The van der Waals surface area contributed by atoms with E-state index < -0.39 is 0 Å². The van der Waals surface area contributed by atoms with E-state index in [1.165, 1.54) is 0 Å². The van der Waals surface area contributed by atoms with E-state index >= 15 is 0 Å². The molecule has 0 aliphatic carbocycles. The van der Waals surface area contributed by atoms with Crippen molar-refractivity contribution in [2.45, 2.75) is 25.3 Å². The summed E-state index contributed by atoms with van der Waals surface area (Å²) in [5.74, 6) is 0.935. The highest BCUT2D eigenvalue weighted by atomic mass is 35.5. The monoisotopic (exact) mass is 359 g/mol. The topological polar surface area (TPSA) is 49.2 Å². The Morgan fingerprint density at radius 2 is 2.04 bits per heavy atom. The Labute approximate surface area is 149 Å². The highest BCUT2D eigenvalue weighted by Gasteiger charge is 2.26. The molecule has 3 aromatic rings. The molecule has 1 atom stereocenters. The van der Waals surface area contributed by atoms with Crippen LogP contribution >= 0.6 is 22.9 Å². The number of hydrogen-bond acceptors (Lipinski definition) is 5. The van der Waals surface area contributed by atoms with Crippen molar-refractivity contribution >= 4 is 39.0 Å². The summed E-state index contributed by atoms with van der Waals surface area (Å²) in [5.41, 5.74) is 2.24. The summed E-state index contributed by atoms with van der Waals surface area (Å²) in [6, 6.07) is 8.00. The van der Waals surface area contributed by atoms with Crippen LogP contribution < -0.4 is 4.90 Å². The van der Waals surface area contributed by atoms with E-state index in [1.807, 2.05) is 24.3 Å². The van der Waals surface area contributed by atoms with Gasteiger partial charge in [0, 0.05) is 22.5 Å². The Balaban J connectivity index is 1.87. The van der Waals surface area contributed by atoms with E-state index in [4.69, 9.17) is 11.6 Å². The molecule has 1 aliphatic heterocycles. The second-order valence-corrected chi connectivity index (χ2v) is 7.35. The second kappa shape index (κ2) is 6.67. The van der Waals surface area contributed by atoms with Gasteiger partial charge in [0.05, 0.1) is 18.0 Å². The van der Waals surface area contributed by atoms with Gasteiger partial charge in [-0.2, -0.15) is 0 Å². The van der Waals surface area contributed by atoms with Crippen molar-refractivity contribution in [1.82, 2.24) is 9.97 Å². The summed E-state index contributed by atoms with van der Waals surface area (Å²) < 4.78 is 0. The van der Waals surface area contributed by atoms with Crippen LogP contribution in [0, 0.1) is 0 Å². The van der Waals surface area contributed by atoms with Crippen LogP contribution in [0.1, 0.15) is 19.3 Å². The lowest BCUT2D eigenvalue weighted by atomic mass is 10.0. The standard InChI is InChI=1S/C18H18ClN3OS/c19-13-6-4-12(5-7-13)15-10-24-18-16(15)17(20-11-21-18)22-8-2-1-3-14(22)9-23/h4-7,10-11,14,23H,1-3,8-9H2/t14-/m0/s1. The first-order valence-corrected chi connectivity index (χ1v) is 9.39. The third-order valence-electron chi connectivity index (χ3n) is 4.62. The number of aromatic nitrogens is 2. The van der Waals surface area contributed by atoms with Crippen LogP contribution in [0.25, 0.3) is 21.3 Å². The molecule has 0 radical (unpaired) electrons. The molecule has 4 nitrogen and oxygen atoms in total. The minimum atomic E-state index is 0.134. The number of hydrogen-bond donors (Lipinski definition) is 1. The highest BCUT2D eigenvalue weighted by molar-refractivity contribution is 7.17. The zero-order chi connectivity index (χ0) is 16.5. The van der Waals surface area contributed by atoms with Gasteiger partial charge in [-0.3, -0.25) is 0 Å². The molecule has 1 fully saturated rings. The lowest BCUT2D eigenvalue weighted by Gasteiger charge is -2.36. The molecular formula is C18H18ClN3OS. The first-order chi connectivity index (χ1) is 11.8. The number of nitrogens with zero attached hydrogens (tertiary/aromatic N) is 3. The van der Waals surface area contributed by atoms with E-state index in [1.54, 1.807) is 17.7 Å². The first kappa shape index (κ1) is 15.8. The number of fused-ring (bicyclic) bond motifs is 1. The average Bonchev–Trinajstić information content (AvgIpc) is 3.06. The molecule has 1 aliphatic rings. The zero-order valence-corrected chi connectivity index (χ0v) is 14.7. The molecule has 4 rings (SSSR count). The van der Waals surface area contributed by atoms with E-state index in [2.05, 4.69) is 20.2 Å². The zero-order valence-electron chi connectivity index (χ0n) is 13.2. The first-order valence-electron chi connectivity index (χ1n) is 8.13. The van der Waals surface area contributed by atoms with Crippen LogP contribution in [0.5, 0.6) is 0 Å². The summed E-state index contributed by atoms with van der Waals surface area (Å²) in [6.45, 7) is 1.08. The third kappa shape index (κ3) is 2.77. The maximum Gasteiger partial charge on any atom is 0.141 e. The molecule has 6 heteroatoms. The average molecular weight is 360 g/mol. The van der Waals surface area contributed by atoms with Gasteiger partial charge < -0.3 is 10.0 Å². The molecule has 1 N–H and O–H groups in total. The maximum atomic E-state index is 9.77. The maximum absolute atomic E-state index is 9.77. The van der Waals surface area contributed by atoms with Crippen molar-refractivity contribution < 1.29 is 5.11 Å². The van der Waals surface area contributed by atoms with Crippen molar-refractivity contribution in [2.24, 2.45) is 0 Å². The number of halogens is 1. The number of aliphatic hydroxyl groups excluding tert-OH is 1. The molecule has 24 heavy (non-hydrogen) atoms. The lowest BCUT2D eigenvalue weighted by Crippen LogP contribution is -2.42. The molecule has 1 saturated heterocycles. The van der Waals surface area contributed by atoms with Gasteiger partial charge in [-0.25, -0.2) is 9.97 Å². The van der Waals surface area contributed by atoms with Gasteiger partial charge in [-0.15, -0.1) is 11.3 Å². The molecule has 0 spiro atoms. The summed E-state index contributed by atoms with van der Waals surface area (Å²) in [7, 11) is 0.